The minimum atomic E-state index is -2.37. The van der Waals surface area contributed by atoms with Crippen LogP contribution < -0.4 is 27.0 Å². The molecule has 4 amide bonds. The third-order valence-electron chi connectivity index (χ3n) is 24.0. The SMILES string of the molecule is C.CC[C@@H](C)[C@H]1O[C@]2(C=C[C@@H]1C)C[C@@H]1C[C@@H](C/C=C(\C)[C@@H](O[C@H]3C[C@H](OC)[C@@H](O[C@H]4C[C@H](OC)[C@H](N)[C@H](C)O4)[C@H](C)O3)[C@@H](C)/C=C/C=C3\CO[C@@H]4[C@H](O[Si](C)(C)C(C)(C)C)C(C)=C[C@@H](C(=O)O1)[C@]34O)O2.CO[C@H]1C[C@H](OC)[C@H](NC(=O)NCNC(=O)N[C@@H]2[C@H](C)O[C@@H](OC)C[C@@H]2OC)[C@H](C)O1.O=C(O)CCCCCCC(=O)O. The number of aliphatic hydroxyl groups is 1. The number of fused-ring (bicyclic) bond motifs is 2. The van der Waals surface area contributed by atoms with E-state index >= 15 is 0 Å². The molecular formula is C82H141N5O25Si. The molecule has 8 heterocycles. The Hall–Kier alpha value is -4.85. The molecule has 2 bridgehead atoms. The van der Waals surface area contributed by atoms with Crippen molar-refractivity contribution in [2.75, 3.05) is 55.9 Å². The topological polar surface area (TPSA) is 377 Å². The Bertz CT molecular complexity index is 3110. The van der Waals surface area contributed by atoms with Crippen molar-refractivity contribution in [2.24, 2.45) is 29.4 Å². The van der Waals surface area contributed by atoms with E-state index < -0.39 is 105 Å². The number of urea groups is 2. The number of esters is 1. The number of nitrogens with two attached hydrogens (primary N) is 1. The molecule has 30 nitrogen and oxygen atoms in total. The average molecular weight is 1630 g/mol. The zero-order valence-electron chi connectivity index (χ0n) is 70.3. The van der Waals surface area contributed by atoms with E-state index in [-0.39, 0.29) is 142 Å². The maximum atomic E-state index is 14.8. The molecule has 28 atom stereocenters. The van der Waals surface area contributed by atoms with E-state index in [1.54, 1.807) is 42.7 Å². The van der Waals surface area contributed by atoms with E-state index in [9.17, 15) is 29.1 Å². The van der Waals surface area contributed by atoms with Crippen molar-refractivity contribution in [3.8, 4) is 0 Å². The number of unbranched alkanes of at least 4 members (excludes halogenated alkanes) is 3. The van der Waals surface area contributed by atoms with Crippen molar-refractivity contribution in [1.29, 1.82) is 0 Å². The summed E-state index contributed by atoms with van der Waals surface area (Å²) < 4.78 is 105. The second-order valence-corrected chi connectivity index (χ2v) is 37.9. The molecule has 0 aromatic rings. The Labute approximate surface area is 672 Å². The lowest BCUT2D eigenvalue weighted by Crippen LogP contribution is -2.60. The molecule has 8 aliphatic heterocycles. The van der Waals surface area contributed by atoms with Gasteiger partial charge in [-0.25, -0.2) is 9.59 Å². The lowest BCUT2D eigenvalue weighted by Gasteiger charge is -2.49. The van der Waals surface area contributed by atoms with Gasteiger partial charge < -0.3 is 123 Å². The summed E-state index contributed by atoms with van der Waals surface area (Å²) in [6.07, 6.45) is 14.1. The van der Waals surface area contributed by atoms with Crippen molar-refractivity contribution < 1.29 is 120 Å². The summed E-state index contributed by atoms with van der Waals surface area (Å²) in [6, 6.07) is -1.88. The van der Waals surface area contributed by atoms with Crippen molar-refractivity contribution >= 4 is 38.3 Å². The van der Waals surface area contributed by atoms with Crippen LogP contribution in [-0.4, -0.2) is 256 Å². The van der Waals surface area contributed by atoms with Gasteiger partial charge in [0.2, 0.25) is 0 Å². The molecule has 6 fully saturated rings. The fraction of sp³-hybridized carbons (Fsp3) is 0.817. The van der Waals surface area contributed by atoms with E-state index in [2.05, 4.69) is 108 Å². The van der Waals surface area contributed by atoms with Gasteiger partial charge in [0.1, 0.15) is 29.8 Å². The third kappa shape index (κ3) is 26.1. The smallest absolute Gasteiger partial charge is 0.316 e. The molecule has 31 heteroatoms. The van der Waals surface area contributed by atoms with Crippen LogP contribution in [0.2, 0.25) is 18.1 Å². The summed E-state index contributed by atoms with van der Waals surface area (Å²) in [4.78, 5) is 59.5. The number of carbonyl (C=O) groups is 5. The first-order valence-electron chi connectivity index (χ1n) is 40.3. The number of hydrogen-bond acceptors (Lipinski definition) is 24. The minimum absolute atomic E-state index is 0. The molecule has 1 aliphatic carbocycles. The minimum Gasteiger partial charge on any atom is -0.481 e. The van der Waals surface area contributed by atoms with Crippen molar-refractivity contribution in [3.63, 3.8) is 0 Å². The number of ether oxygens (including phenoxy) is 16. The first-order chi connectivity index (χ1) is 52.9. The van der Waals surface area contributed by atoms with E-state index in [0.29, 0.717) is 63.4 Å². The molecule has 9 rings (SSSR count). The summed E-state index contributed by atoms with van der Waals surface area (Å²) in [6.45, 7) is 31.3. The molecule has 9 aliphatic rings. The summed E-state index contributed by atoms with van der Waals surface area (Å²) in [7, 11) is 7.25. The quantitative estimate of drug-likeness (QED) is 0.0138. The van der Waals surface area contributed by atoms with E-state index in [1.807, 2.05) is 58.9 Å². The fourth-order valence-electron chi connectivity index (χ4n) is 16.0. The molecular weight excluding hydrogens is 1480 g/mol. The van der Waals surface area contributed by atoms with Crippen LogP contribution in [0, 0.1) is 23.7 Å². The number of carboxylic acids is 2. The molecule has 9 N–H and O–H groups in total. The van der Waals surface area contributed by atoms with Crippen LogP contribution in [-0.2, 0) is 94.6 Å². The number of methoxy groups -OCH3 is 6. The van der Waals surface area contributed by atoms with Crippen LogP contribution in [0.4, 0.5) is 9.59 Å². The van der Waals surface area contributed by atoms with Gasteiger partial charge in [0.05, 0.1) is 105 Å². The molecule has 0 unspecified atom stereocenters. The van der Waals surface area contributed by atoms with Gasteiger partial charge in [0.15, 0.2) is 39.3 Å². The van der Waals surface area contributed by atoms with Crippen LogP contribution in [0.3, 0.4) is 0 Å². The number of carbonyl (C=O) groups excluding carboxylic acids is 3. The van der Waals surface area contributed by atoms with Crippen molar-refractivity contribution in [3.05, 3.63) is 59.3 Å². The second-order valence-electron chi connectivity index (χ2n) is 33.2. The number of aliphatic carboxylic acids is 2. The lowest BCUT2D eigenvalue weighted by molar-refractivity contribution is -0.311. The molecule has 1 spiro atoms. The Kier molecular flexibility index (Phi) is 38.0. The first kappa shape index (κ1) is 97.0. The highest BCUT2D eigenvalue weighted by molar-refractivity contribution is 6.74. The predicted octanol–water partition coefficient (Wildman–Crippen LogP) is 10.4. The normalized spacial score (nSPS) is 38.9. The van der Waals surface area contributed by atoms with Gasteiger partial charge >= 0.3 is 30.0 Å². The van der Waals surface area contributed by atoms with Crippen LogP contribution in [0.15, 0.2) is 59.3 Å². The fourth-order valence-corrected chi connectivity index (χ4v) is 17.3. The largest absolute Gasteiger partial charge is 0.481 e. The Balaban J connectivity index is 0.000000371. The first-order valence-corrected chi connectivity index (χ1v) is 43.2. The Morgan fingerprint density at radius 3 is 1.73 bits per heavy atom. The number of rotatable bonds is 25. The molecule has 113 heavy (non-hydrogen) atoms. The Morgan fingerprint density at radius 2 is 1.19 bits per heavy atom. The average Bonchev–Trinajstić information content (AvgIpc) is 1.60. The van der Waals surface area contributed by atoms with Crippen LogP contribution >= 0.6 is 0 Å². The highest BCUT2D eigenvalue weighted by atomic mass is 28.4. The summed E-state index contributed by atoms with van der Waals surface area (Å²) in [5, 5.41) is 40.5. The highest BCUT2D eigenvalue weighted by Gasteiger charge is 2.62. The monoisotopic (exact) mass is 1620 g/mol. The number of hydrogen-bond donors (Lipinski definition) is 8. The summed E-state index contributed by atoms with van der Waals surface area (Å²) >= 11 is 0. The standard InChI is InChI=1S/C54H87NO13Si.C19H36N4O8.C8H14O4.CH4/c1-16-30(2)47-33(5)22-23-53(67-47)28-39-25-38(66-53)21-20-32(4)46(64-44-27-42(59-13)49(36(8)62-44)65-43-26-41(58-12)45(55)35(7)61-43)31(3)18-17-19-37-29-60-50-48(68-69(14,15)52(9,10)11)34(6)24-40(51(56)63-39)54(37,50)57;1-10-16(12(26-3)7-14(28-5)30-10)22-18(24)20-9-21-19(25)23-17-11(2)31-15(29-6)8-13(17)27-4;9-7(10)5-3-1-2-4-6-8(11)12;/h17-20,22-24,30-31,33,35-36,38-50,57H,16,21,25-29,55H2,1-15H3;10-17H,7-9H2,1-6H3,(H2,20,22,24)(H2,21,23,25);1-6H2,(H,9,10)(H,11,12);1H4/b18-17+,32-20+,37-19+;;;/t30-,31+,33+,35+,36+,38-,39+,40+,41+,42+,43+,44+,45-,46+,47-,48-,49+,50-,53-,54-;10-,11-,12-,13-,14+,15+,16+,17+;;/m10../s1. The van der Waals surface area contributed by atoms with Gasteiger partial charge in [-0.2, -0.15) is 0 Å². The van der Waals surface area contributed by atoms with Crippen LogP contribution in [0.1, 0.15) is 187 Å². The summed E-state index contributed by atoms with van der Waals surface area (Å²) in [5.41, 5.74) is 7.04. The maximum absolute atomic E-state index is 14.8. The number of carboxylic acid groups (broad SMARTS) is 2. The van der Waals surface area contributed by atoms with Gasteiger partial charge in [-0.1, -0.05) is 112 Å². The maximum Gasteiger partial charge on any atom is 0.316 e. The lowest BCUT2D eigenvalue weighted by atomic mass is 9.71. The van der Waals surface area contributed by atoms with Crippen molar-refractivity contribution in [2.45, 2.75) is 352 Å². The van der Waals surface area contributed by atoms with Crippen LogP contribution in [0.25, 0.3) is 0 Å². The van der Waals surface area contributed by atoms with E-state index in [0.717, 1.165) is 30.4 Å². The predicted molar refractivity (Wildman–Crippen MR) is 424 cm³/mol. The third-order valence-corrected chi connectivity index (χ3v) is 28.4. The van der Waals surface area contributed by atoms with E-state index in [4.69, 9.17) is 96.2 Å². The van der Waals surface area contributed by atoms with Gasteiger partial charge in [-0.3, -0.25) is 14.4 Å². The Morgan fingerprint density at radius 1 is 0.664 bits per heavy atom. The second kappa shape index (κ2) is 44.3. The van der Waals surface area contributed by atoms with Gasteiger partial charge in [0.25, 0.3) is 0 Å². The molecule has 0 aromatic heterocycles. The van der Waals surface area contributed by atoms with Crippen molar-refractivity contribution in [1.82, 2.24) is 21.3 Å². The molecule has 0 radical (unpaired) electrons. The van der Waals surface area contributed by atoms with E-state index in [1.165, 1.54) is 0 Å². The van der Waals surface area contributed by atoms with Gasteiger partial charge in [-0.05, 0) is 108 Å². The molecule has 0 aromatic carbocycles. The van der Waals surface area contributed by atoms with Crippen LogP contribution in [0.5, 0.6) is 0 Å². The zero-order valence-corrected chi connectivity index (χ0v) is 71.3. The molecule has 6 saturated heterocycles. The highest BCUT2D eigenvalue weighted by Crippen LogP contribution is 2.50. The molecule has 0 saturated carbocycles. The molecule has 648 valence electrons. The van der Waals surface area contributed by atoms with Gasteiger partial charge in [-0.15, -0.1) is 0 Å². The zero-order chi connectivity index (χ0) is 82.7. The number of nitrogens with one attached hydrogen (secondary N) is 4. The summed E-state index contributed by atoms with van der Waals surface area (Å²) in [5.74, 6) is -3.93. The van der Waals surface area contributed by atoms with Gasteiger partial charge in [0, 0.05) is 106 Å². The number of amides is 4. The number of allylic oxidation sites excluding steroid dienone is 2.